The van der Waals surface area contributed by atoms with E-state index in [-0.39, 0.29) is 21.4 Å². The van der Waals surface area contributed by atoms with Crippen LogP contribution in [0.1, 0.15) is 29.8 Å². The van der Waals surface area contributed by atoms with Gasteiger partial charge in [-0.15, -0.1) is 10.2 Å². The van der Waals surface area contributed by atoms with E-state index in [1.54, 1.807) is 26.0 Å². The smallest absolute Gasteiger partial charge is 0.270 e. The maximum atomic E-state index is 12.0. The molecule has 0 bridgehead atoms. The Morgan fingerprint density at radius 2 is 1.82 bits per heavy atom. The van der Waals surface area contributed by atoms with E-state index in [1.807, 2.05) is 19.1 Å². The van der Waals surface area contributed by atoms with Crippen molar-refractivity contribution in [2.75, 3.05) is 5.32 Å². The Bertz CT molecular complexity index is 767. The van der Waals surface area contributed by atoms with E-state index in [9.17, 15) is 13.2 Å². The number of sulfonamides is 1. The lowest BCUT2D eigenvalue weighted by Gasteiger charge is -2.05. The lowest BCUT2D eigenvalue weighted by molar-refractivity contribution is 0.102. The second-order valence-electron chi connectivity index (χ2n) is 4.97. The average Bonchev–Trinajstić information content (AvgIpc) is 2.87. The Hall–Kier alpha value is -1.84. The minimum Gasteiger partial charge on any atom is -0.296 e. The van der Waals surface area contributed by atoms with Gasteiger partial charge in [-0.1, -0.05) is 29.0 Å². The van der Waals surface area contributed by atoms with E-state index in [0.29, 0.717) is 5.56 Å². The molecule has 2 rings (SSSR count). The zero-order valence-corrected chi connectivity index (χ0v) is 14.0. The van der Waals surface area contributed by atoms with E-state index in [4.69, 9.17) is 0 Å². The van der Waals surface area contributed by atoms with Crippen molar-refractivity contribution in [1.82, 2.24) is 14.9 Å². The topological polar surface area (TPSA) is 101 Å². The first-order valence-corrected chi connectivity index (χ1v) is 8.82. The normalized spacial score (nSPS) is 11.6. The number of nitrogens with zero attached hydrogens (tertiary/aromatic N) is 2. The van der Waals surface area contributed by atoms with Gasteiger partial charge < -0.3 is 0 Å². The Labute approximate surface area is 132 Å². The van der Waals surface area contributed by atoms with Gasteiger partial charge in [0.25, 0.3) is 15.9 Å². The number of carbonyl (C=O) groups is 1. The summed E-state index contributed by atoms with van der Waals surface area (Å²) in [5.74, 6) is -0.364. The minimum atomic E-state index is -3.70. The lowest BCUT2D eigenvalue weighted by Crippen LogP contribution is -2.30. The monoisotopic (exact) mass is 340 g/mol. The molecule has 0 aliphatic carbocycles. The summed E-state index contributed by atoms with van der Waals surface area (Å²) < 4.78 is 26.1. The molecule has 0 spiro atoms. The van der Waals surface area contributed by atoms with Crippen molar-refractivity contribution in [1.29, 1.82) is 0 Å². The number of aromatic nitrogens is 2. The molecule has 0 fully saturated rings. The first kappa shape index (κ1) is 16.5. The number of rotatable bonds is 5. The number of amides is 1. The molecule has 0 aliphatic heterocycles. The van der Waals surface area contributed by atoms with Gasteiger partial charge in [-0.25, -0.2) is 13.1 Å². The lowest BCUT2D eigenvalue weighted by atomic mass is 10.1. The molecule has 2 N–H and O–H groups in total. The van der Waals surface area contributed by atoms with Crippen LogP contribution in [0.4, 0.5) is 5.13 Å². The van der Waals surface area contributed by atoms with Gasteiger partial charge in [-0.05, 0) is 32.9 Å². The zero-order chi connectivity index (χ0) is 16.3. The van der Waals surface area contributed by atoms with E-state index < -0.39 is 10.0 Å². The maximum absolute atomic E-state index is 12.0. The molecule has 0 saturated heterocycles. The van der Waals surface area contributed by atoms with Crippen LogP contribution in [0.15, 0.2) is 28.6 Å². The van der Waals surface area contributed by atoms with Crippen LogP contribution in [-0.2, 0) is 10.0 Å². The molecular formula is C13H16N4O3S2. The summed E-state index contributed by atoms with van der Waals surface area (Å²) in [5, 5.41) is 9.97. The molecule has 0 atom stereocenters. The predicted molar refractivity (Wildman–Crippen MR) is 84.5 cm³/mol. The molecule has 9 heteroatoms. The number of hydrogen-bond donors (Lipinski definition) is 2. The summed E-state index contributed by atoms with van der Waals surface area (Å²) >= 11 is 0.803. The summed E-state index contributed by atoms with van der Waals surface area (Å²) in [6, 6.07) is 6.75. The number of aryl methyl sites for hydroxylation is 1. The quantitative estimate of drug-likeness (QED) is 0.808. The van der Waals surface area contributed by atoms with Crippen molar-refractivity contribution >= 4 is 32.4 Å². The maximum Gasteiger partial charge on any atom is 0.270 e. The van der Waals surface area contributed by atoms with Gasteiger partial charge in [0.15, 0.2) is 0 Å². The molecular weight excluding hydrogens is 324 g/mol. The predicted octanol–water partition coefficient (Wildman–Crippen LogP) is 1.79. The van der Waals surface area contributed by atoms with Crippen LogP contribution in [0, 0.1) is 6.92 Å². The number of hydrogen-bond acceptors (Lipinski definition) is 6. The van der Waals surface area contributed by atoms with Gasteiger partial charge in [-0.3, -0.25) is 10.1 Å². The Morgan fingerprint density at radius 3 is 2.41 bits per heavy atom. The molecule has 1 aromatic carbocycles. The first-order chi connectivity index (χ1) is 10.3. The molecule has 1 aromatic heterocycles. The summed E-state index contributed by atoms with van der Waals surface area (Å²) in [6.07, 6.45) is 0. The second-order valence-corrected chi connectivity index (χ2v) is 7.83. The van der Waals surface area contributed by atoms with Gasteiger partial charge in [0, 0.05) is 11.6 Å². The molecule has 0 aliphatic rings. The Balaban J connectivity index is 2.12. The van der Waals surface area contributed by atoms with E-state index in [0.717, 1.165) is 16.9 Å². The molecule has 118 valence electrons. The number of benzene rings is 1. The zero-order valence-electron chi connectivity index (χ0n) is 12.3. The summed E-state index contributed by atoms with van der Waals surface area (Å²) in [4.78, 5) is 12.0. The van der Waals surface area contributed by atoms with Crippen LogP contribution in [0.3, 0.4) is 0 Å². The molecule has 7 nitrogen and oxygen atoms in total. The summed E-state index contributed by atoms with van der Waals surface area (Å²) in [7, 11) is -3.70. The molecule has 0 unspecified atom stereocenters. The molecule has 0 saturated carbocycles. The summed E-state index contributed by atoms with van der Waals surface area (Å²) in [5.41, 5.74) is 1.51. The molecule has 0 radical (unpaired) electrons. The van der Waals surface area contributed by atoms with Gasteiger partial charge in [0.1, 0.15) is 0 Å². The van der Waals surface area contributed by atoms with Crippen molar-refractivity contribution in [3.8, 4) is 0 Å². The highest BCUT2D eigenvalue weighted by Crippen LogP contribution is 2.20. The average molecular weight is 340 g/mol. The van der Waals surface area contributed by atoms with Crippen LogP contribution in [0.2, 0.25) is 0 Å². The highest BCUT2D eigenvalue weighted by molar-refractivity contribution is 7.91. The standard InChI is InChI=1S/C13H16N4O3S2/c1-8(2)17-22(19,20)13-16-15-12(21-13)14-11(18)10-6-4-9(3)5-7-10/h4-8,17H,1-3H3,(H,14,15,18). The van der Waals surface area contributed by atoms with Crippen LogP contribution >= 0.6 is 11.3 Å². The number of carbonyl (C=O) groups excluding carboxylic acids is 1. The largest absolute Gasteiger partial charge is 0.296 e. The fourth-order valence-electron chi connectivity index (χ4n) is 1.60. The molecule has 22 heavy (non-hydrogen) atoms. The van der Waals surface area contributed by atoms with E-state index in [2.05, 4.69) is 20.2 Å². The Kier molecular flexibility index (Phi) is 4.89. The van der Waals surface area contributed by atoms with E-state index >= 15 is 0 Å². The highest BCUT2D eigenvalue weighted by atomic mass is 32.2. The fraction of sp³-hybridized carbons (Fsp3) is 0.308. The molecule has 2 aromatic rings. The van der Waals surface area contributed by atoms with Crippen molar-refractivity contribution in [3.05, 3.63) is 35.4 Å². The van der Waals surface area contributed by atoms with Gasteiger partial charge in [-0.2, -0.15) is 0 Å². The third-order valence-corrected chi connectivity index (χ3v) is 5.43. The SMILES string of the molecule is Cc1ccc(C(=O)Nc2nnc(S(=O)(=O)NC(C)C)s2)cc1. The highest BCUT2D eigenvalue weighted by Gasteiger charge is 2.21. The third kappa shape index (κ3) is 4.09. The number of anilines is 1. The van der Waals surface area contributed by atoms with Crippen LogP contribution < -0.4 is 10.0 Å². The van der Waals surface area contributed by atoms with Crippen LogP contribution in [-0.4, -0.2) is 30.6 Å². The molecule has 1 heterocycles. The van der Waals surface area contributed by atoms with Gasteiger partial charge >= 0.3 is 0 Å². The van der Waals surface area contributed by atoms with Crippen molar-refractivity contribution in [2.24, 2.45) is 0 Å². The van der Waals surface area contributed by atoms with Crippen LogP contribution in [0.25, 0.3) is 0 Å². The fourth-order valence-corrected chi connectivity index (χ4v) is 3.77. The Morgan fingerprint density at radius 1 is 1.18 bits per heavy atom. The number of nitrogens with one attached hydrogen (secondary N) is 2. The van der Waals surface area contributed by atoms with Crippen LogP contribution in [0.5, 0.6) is 0 Å². The van der Waals surface area contributed by atoms with Gasteiger partial charge in [0.05, 0.1) is 0 Å². The first-order valence-electron chi connectivity index (χ1n) is 6.52. The van der Waals surface area contributed by atoms with E-state index in [1.165, 1.54) is 0 Å². The minimum absolute atomic E-state index is 0.134. The summed E-state index contributed by atoms with van der Waals surface area (Å²) in [6.45, 7) is 5.34. The second kappa shape index (κ2) is 6.51. The molecule has 1 amide bonds. The van der Waals surface area contributed by atoms with Gasteiger partial charge in [0.2, 0.25) is 9.47 Å². The van der Waals surface area contributed by atoms with Crippen molar-refractivity contribution < 1.29 is 13.2 Å². The van der Waals surface area contributed by atoms with Crippen molar-refractivity contribution in [2.45, 2.75) is 31.2 Å². The van der Waals surface area contributed by atoms with Crippen molar-refractivity contribution in [3.63, 3.8) is 0 Å². The third-order valence-electron chi connectivity index (χ3n) is 2.56.